The molecule has 0 aliphatic rings. The third kappa shape index (κ3) is 4.15. The highest BCUT2D eigenvalue weighted by molar-refractivity contribution is 14.1. The van der Waals surface area contributed by atoms with Crippen LogP contribution in [0, 0.1) is 3.57 Å². The normalized spacial score (nSPS) is 11.4. The maximum absolute atomic E-state index is 12.5. The Morgan fingerprint density at radius 2 is 2.00 bits per heavy atom. The van der Waals surface area contributed by atoms with E-state index in [-0.39, 0.29) is 18.7 Å². The van der Waals surface area contributed by atoms with E-state index >= 15 is 0 Å². The fourth-order valence-electron chi connectivity index (χ4n) is 1.17. The molecular weight excluding hydrogens is 348 g/mol. The second-order valence-electron chi connectivity index (χ2n) is 3.27. The van der Waals surface area contributed by atoms with E-state index < -0.39 is 17.6 Å². The topological polar surface area (TPSA) is 55.1 Å². The number of hydrogen-bond donors (Lipinski definition) is 2. The van der Waals surface area contributed by atoms with Crippen molar-refractivity contribution in [2.75, 3.05) is 13.1 Å². The first-order valence-corrected chi connectivity index (χ1v) is 5.78. The molecule has 0 fully saturated rings. The molecule has 1 amide bonds. The van der Waals surface area contributed by atoms with E-state index in [1.807, 2.05) is 0 Å². The van der Waals surface area contributed by atoms with E-state index in [1.54, 1.807) is 22.6 Å². The number of halogens is 4. The average Bonchev–Trinajstić information content (AvgIpc) is 2.23. The summed E-state index contributed by atoms with van der Waals surface area (Å²) in [7, 11) is 0. The molecule has 3 N–H and O–H groups in total. The Kier molecular flexibility index (Phi) is 4.75. The van der Waals surface area contributed by atoms with Crippen LogP contribution in [0.5, 0.6) is 0 Å². The van der Waals surface area contributed by atoms with Crippen molar-refractivity contribution in [1.82, 2.24) is 5.32 Å². The summed E-state index contributed by atoms with van der Waals surface area (Å²) in [6, 6.07) is 3.20. The molecule has 7 heteroatoms. The highest BCUT2D eigenvalue weighted by atomic mass is 127. The lowest BCUT2D eigenvalue weighted by molar-refractivity contribution is -0.137. The van der Waals surface area contributed by atoms with Gasteiger partial charge in [0.2, 0.25) is 0 Å². The van der Waals surface area contributed by atoms with E-state index in [0.717, 1.165) is 12.1 Å². The Labute approximate surface area is 110 Å². The van der Waals surface area contributed by atoms with Gasteiger partial charge >= 0.3 is 6.18 Å². The van der Waals surface area contributed by atoms with Crippen molar-refractivity contribution in [1.29, 1.82) is 0 Å². The Hall–Kier alpha value is -0.830. The molecule has 1 aromatic rings. The van der Waals surface area contributed by atoms with Gasteiger partial charge in [-0.25, -0.2) is 0 Å². The molecule has 17 heavy (non-hydrogen) atoms. The summed E-state index contributed by atoms with van der Waals surface area (Å²) in [6.07, 6.45) is -4.45. The number of benzene rings is 1. The summed E-state index contributed by atoms with van der Waals surface area (Å²) in [5.74, 6) is -0.556. The van der Waals surface area contributed by atoms with Crippen molar-refractivity contribution in [3.63, 3.8) is 0 Å². The molecule has 0 radical (unpaired) electrons. The van der Waals surface area contributed by atoms with Gasteiger partial charge in [-0.15, -0.1) is 0 Å². The van der Waals surface area contributed by atoms with Crippen LogP contribution in [-0.4, -0.2) is 19.0 Å². The SMILES string of the molecule is NCCNC(=O)c1cc(I)cc(C(F)(F)F)c1. The molecule has 0 bridgehead atoms. The lowest BCUT2D eigenvalue weighted by atomic mass is 10.1. The van der Waals surface area contributed by atoms with Crippen molar-refractivity contribution >= 4 is 28.5 Å². The van der Waals surface area contributed by atoms with Gasteiger partial charge < -0.3 is 11.1 Å². The summed E-state index contributed by atoms with van der Waals surface area (Å²) in [5, 5.41) is 2.42. The third-order valence-electron chi connectivity index (χ3n) is 1.92. The lowest BCUT2D eigenvalue weighted by Gasteiger charge is -2.10. The fourth-order valence-corrected chi connectivity index (χ4v) is 1.84. The smallest absolute Gasteiger partial charge is 0.351 e. The fraction of sp³-hybridized carbons (Fsp3) is 0.300. The Morgan fingerprint density at radius 3 is 2.53 bits per heavy atom. The van der Waals surface area contributed by atoms with Gasteiger partial charge in [-0.3, -0.25) is 4.79 Å². The van der Waals surface area contributed by atoms with Gasteiger partial charge in [0.1, 0.15) is 0 Å². The second-order valence-corrected chi connectivity index (χ2v) is 4.52. The van der Waals surface area contributed by atoms with E-state index in [2.05, 4.69) is 5.32 Å². The van der Waals surface area contributed by atoms with Crippen LogP contribution in [0.15, 0.2) is 18.2 Å². The maximum atomic E-state index is 12.5. The number of carbonyl (C=O) groups is 1. The summed E-state index contributed by atoms with van der Waals surface area (Å²) in [5.41, 5.74) is 4.34. The van der Waals surface area contributed by atoms with Gasteiger partial charge in [0, 0.05) is 22.2 Å². The van der Waals surface area contributed by atoms with Gasteiger partial charge in [0.15, 0.2) is 0 Å². The zero-order valence-corrected chi connectivity index (χ0v) is 10.8. The molecule has 0 aromatic heterocycles. The third-order valence-corrected chi connectivity index (χ3v) is 2.54. The summed E-state index contributed by atoms with van der Waals surface area (Å²) in [4.78, 5) is 11.5. The molecule has 0 aliphatic carbocycles. The first-order chi connectivity index (χ1) is 7.84. The molecular formula is C10H10F3IN2O. The predicted molar refractivity (Wildman–Crippen MR) is 65.5 cm³/mol. The van der Waals surface area contributed by atoms with Crippen molar-refractivity contribution in [3.05, 3.63) is 32.9 Å². The minimum atomic E-state index is -4.45. The Bertz CT molecular complexity index is 421. The molecule has 94 valence electrons. The van der Waals surface area contributed by atoms with E-state index in [9.17, 15) is 18.0 Å². The molecule has 1 rings (SSSR count). The molecule has 0 atom stereocenters. The van der Waals surface area contributed by atoms with Crippen molar-refractivity contribution < 1.29 is 18.0 Å². The van der Waals surface area contributed by atoms with E-state index in [0.29, 0.717) is 3.57 Å². The number of hydrogen-bond acceptors (Lipinski definition) is 2. The molecule has 0 aliphatic heterocycles. The summed E-state index contributed by atoms with van der Waals surface area (Å²) in [6.45, 7) is 0.466. The second kappa shape index (κ2) is 5.67. The minimum absolute atomic E-state index is 0.0160. The Balaban J connectivity index is 3.01. The first-order valence-electron chi connectivity index (χ1n) is 4.70. The zero-order chi connectivity index (χ0) is 13.1. The van der Waals surface area contributed by atoms with Crippen molar-refractivity contribution in [3.8, 4) is 0 Å². The quantitative estimate of drug-likeness (QED) is 0.813. The minimum Gasteiger partial charge on any atom is -0.351 e. The van der Waals surface area contributed by atoms with Crippen LogP contribution in [0.25, 0.3) is 0 Å². The van der Waals surface area contributed by atoms with Gasteiger partial charge in [-0.05, 0) is 40.8 Å². The number of carbonyl (C=O) groups excluding carboxylic acids is 1. The Morgan fingerprint density at radius 1 is 1.35 bits per heavy atom. The van der Waals surface area contributed by atoms with Crippen LogP contribution in [0.3, 0.4) is 0 Å². The van der Waals surface area contributed by atoms with E-state index in [1.165, 1.54) is 6.07 Å². The number of rotatable bonds is 3. The molecule has 0 spiro atoms. The number of nitrogens with two attached hydrogens (primary N) is 1. The highest BCUT2D eigenvalue weighted by Crippen LogP contribution is 2.31. The van der Waals surface area contributed by atoms with Crippen LogP contribution >= 0.6 is 22.6 Å². The average molecular weight is 358 g/mol. The molecule has 1 aromatic carbocycles. The predicted octanol–water partition coefficient (Wildman–Crippen LogP) is 2.00. The van der Waals surface area contributed by atoms with E-state index in [4.69, 9.17) is 5.73 Å². The monoisotopic (exact) mass is 358 g/mol. The van der Waals surface area contributed by atoms with Gasteiger partial charge in [-0.1, -0.05) is 0 Å². The van der Waals surface area contributed by atoms with Crippen molar-refractivity contribution in [2.45, 2.75) is 6.18 Å². The summed E-state index contributed by atoms with van der Waals surface area (Å²) < 4.78 is 37.9. The largest absolute Gasteiger partial charge is 0.416 e. The van der Waals surface area contributed by atoms with Gasteiger partial charge in [0.05, 0.1) is 5.56 Å². The molecule has 0 unspecified atom stereocenters. The standard InChI is InChI=1S/C10H10F3IN2O/c11-10(12,13)7-3-6(4-8(14)5-7)9(17)16-2-1-15/h3-5H,1-2,15H2,(H,16,17). The summed E-state index contributed by atoms with van der Waals surface area (Å²) >= 11 is 1.74. The van der Waals surface area contributed by atoms with Crippen LogP contribution in [0.4, 0.5) is 13.2 Å². The molecule has 0 saturated carbocycles. The van der Waals surface area contributed by atoms with Gasteiger partial charge in [-0.2, -0.15) is 13.2 Å². The van der Waals surface area contributed by atoms with Crippen molar-refractivity contribution in [2.24, 2.45) is 5.73 Å². The molecule has 0 heterocycles. The maximum Gasteiger partial charge on any atom is 0.416 e. The van der Waals surface area contributed by atoms with Crippen LogP contribution in [0.1, 0.15) is 15.9 Å². The molecule has 0 saturated heterocycles. The zero-order valence-electron chi connectivity index (χ0n) is 8.64. The van der Waals surface area contributed by atoms with Crippen LogP contribution in [0.2, 0.25) is 0 Å². The number of alkyl halides is 3. The first kappa shape index (κ1) is 14.2. The lowest BCUT2D eigenvalue weighted by Crippen LogP contribution is -2.29. The van der Waals surface area contributed by atoms with Crippen LogP contribution < -0.4 is 11.1 Å². The van der Waals surface area contributed by atoms with Gasteiger partial charge in [0.25, 0.3) is 5.91 Å². The van der Waals surface area contributed by atoms with Crippen LogP contribution in [-0.2, 0) is 6.18 Å². The number of nitrogens with one attached hydrogen (secondary N) is 1. The number of amides is 1. The molecule has 3 nitrogen and oxygen atoms in total. The highest BCUT2D eigenvalue weighted by Gasteiger charge is 2.31.